The molecule has 1 aliphatic heterocycles. The molecule has 0 spiro atoms. The van der Waals surface area contributed by atoms with E-state index >= 15 is 0 Å². The van der Waals surface area contributed by atoms with Gasteiger partial charge in [0.25, 0.3) is 5.91 Å². The average molecular weight is 484 g/mol. The summed E-state index contributed by atoms with van der Waals surface area (Å²) in [4.78, 5) is 18.1. The molecular weight excluding hydrogens is 468 g/mol. The Morgan fingerprint density at radius 2 is 1.81 bits per heavy atom. The molecule has 162 valence electrons. The molecule has 3 aromatic rings. The molecule has 0 unspecified atom stereocenters. The number of thiazole rings is 1. The van der Waals surface area contributed by atoms with Crippen molar-refractivity contribution in [3.05, 3.63) is 70.2 Å². The number of halogens is 3. The summed E-state index contributed by atoms with van der Waals surface area (Å²) in [5.41, 5.74) is 1.06. The van der Waals surface area contributed by atoms with Crippen molar-refractivity contribution in [2.24, 2.45) is 0 Å². The maximum atomic E-state index is 14.0. The van der Waals surface area contributed by atoms with E-state index in [4.69, 9.17) is 11.6 Å². The molecule has 11 heteroatoms. The molecule has 0 aliphatic carbocycles. The highest BCUT2D eigenvalue weighted by molar-refractivity contribution is 7.89. The third-order valence-electron chi connectivity index (χ3n) is 4.83. The van der Waals surface area contributed by atoms with Crippen LogP contribution in [0.3, 0.4) is 0 Å². The topological polar surface area (TPSA) is 70.6 Å². The van der Waals surface area contributed by atoms with E-state index in [1.165, 1.54) is 16.2 Å². The fraction of sp³-hybridized carbons (Fsp3) is 0.200. The molecule has 1 fully saturated rings. The van der Waals surface area contributed by atoms with Gasteiger partial charge in [0, 0.05) is 48.2 Å². The zero-order valence-corrected chi connectivity index (χ0v) is 18.4. The molecule has 0 bridgehead atoms. The Labute approximate surface area is 186 Å². The maximum absolute atomic E-state index is 14.0. The number of carbonyl (C=O) groups is 1. The van der Waals surface area contributed by atoms with Crippen molar-refractivity contribution in [2.45, 2.75) is 4.90 Å². The first-order valence-electron chi connectivity index (χ1n) is 9.21. The van der Waals surface area contributed by atoms with Crippen molar-refractivity contribution in [3.8, 4) is 10.6 Å². The van der Waals surface area contributed by atoms with Gasteiger partial charge in [0.05, 0.1) is 0 Å². The van der Waals surface area contributed by atoms with Gasteiger partial charge in [0.15, 0.2) is 0 Å². The fourth-order valence-electron chi connectivity index (χ4n) is 3.24. The molecule has 0 atom stereocenters. The zero-order valence-electron chi connectivity index (χ0n) is 16.0. The minimum atomic E-state index is -4.13. The number of carbonyl (C=O) groups excluding carboxylic acids is 1. The smallest absolute Gasteiger partial charge is 0.273 e. The van der Waals surface area contributed by atoms with E-state index < -0.39 is 26.6 Å². The number of hydrogen-bond acceptors (Lipinski definition) is 5. The van der Waals surface area contributed by atoms with Crippen LogP contribution in [0.5, 0.6) is 0 Å². The van der Waals surface area contributed by atoms with Crippen LogP contribution in [0.25, 0.3) is 10.6 Å². The molecule has 4 rings (SSSR count). The van der Waals surface area contributed by atoms with E-state index in [1.807, 2.05) is 6.07 Å². The highest BCUT2D eigenvalue weighted by Gasteiger charge is 2.32. The molecule has 0 radical (unpaired) electrons. The Balaban J connectivity index is 1.45. The maximum Gasteiger partial charge on any atom is 0.273 e. The quantitative estimate of drug-likeness (QED) is 0.564. The number of benzene rings is 2. The second kappa shape index (κ2) is 8.62. The highest BCUT2D eigenvalue weighted by Crippen LogP contribution is 2.27. The van der Waals surface area contributed by atoms with Gasteiger partial charge < -0.3 is 4.90 Å². The summed E-state index contributed by atoms with van der Waals surface area (Å²) >= 11 is 7.32. The van der Waals surface area contributed by atoms with Gasteiger partial charge in [-0.2, -0.15) is 4.31 Å². The van der Waals surface area contributed by atoms with Gasteiger partial charge >= 0.3 is 0 Å². The van der Waals surface area contributed by atoms with Crippen LogP contribution >= 0.6 is 22.9 Å². The summed E-state index contributed by atoms with van der Waals surface area (Å²) in [6.07, 6.45) is 0. The molecular formula is C20H16ClF2N3O3S2. The van der Waals surface area contributed by atoms with Crippen LogP contribution in [-0.4, -0.2) is 54.7 Å². The lowest BCUT2D eigenvalue weighted by Crippen LogP contribution is -2.50. The van der Waals surface area contributed by atoms with Gasteiger partial charge in [-0.3, -0.25) is 4.79 Å². The standard InChI is InChI=1S/C20H16ClF2N3O3S2/c21-14-3-1-2-13(10-14)19-24-17(12-30-19)20(27)25-6-8-26(9-7-25)31(28,29)18-5-4-15(22)11-16(18)23/h1-5,10-12H,6-9H2. The molecule has 31 heavy (non-hydrogen) atoms. The Hall–Kier alpha value is -2.40. The van der Waals surface area contributed by atoms with Crippen LogP contribution in [0, 0.1) is 11.6 Å². The summed E-state index contributed by atoms with van der Waals surface area (Å²) in [6.45, 7) is 0.252. The summed E-state index contributed by atoms with van der Waals surface area (Å²) in [6, 6.07) is 9.48. The zero-order chi connectivity index (χ0) is 22.2. The molecule has 6 nitrogen and oxygen atoms in total. The van der Waals surface area contributed by atoms with Crippen molar-refractivity contribution in [1.29, 1.82) is 0 Å². The lowest BCUT2D eigenvalue weighted by Gasteiger charge is -2.33. The van der Waals surface area contributed by atoms with Crippen LogP contribution in [0.15, 0.2) is 52.7 Å². The largest absolute Gasteiger partial charge is 0.335 e. The Bertz CT molecular complexity index is 1240. The lowest BCUT2D eigenvalue weighted by molar-refractivity contribution is 0.0692. The first-order chi connectivity index (χ1) is 14.8. The third kappa shape index (κ3) is 4.47. The molecule has 0 saturated carbocycles. The van der Waals surface area contributed by atoms with Crippen molar-refractivity contribution >= 4 is 38.9 Å². The first-order valence-corrected chi connectivity index (χ1v) is 11.9. The molecule has 1 amide bonds. The van der Waals surface area contributed by atoms with Crippen molar-refractivity contribution in [2.75, 3.05) is 26.2 Å². The molecule has 2 aromatic carbocycles. The van der Waals surface area contributed by atoms with E-state index in [9.17, 15) is 22.0 Å². The van der Waals surface area contributed by atoms with Crippen molar-refractivity contribution in [1.82, 2.24) is 14.2 Å². The molecule has 1 aliphatic rings. The lowest BCUT2D eigenvalue weighted by atomic mass is 10.2. The van der Waals surface area contributed by atoms with Gasteiger partial charge in [0.2, 0.25) is 10.0 Å². The number of rotatable bonds is 4. The highest BCUT2D eigenvalue weighted by atomic mass is 35.5. The van der Waals surface area contributed by atoms with E-state index in [1.54, 1.807) is 23.6 Å². The van der Waals surface area contributed by atoms with E-state index in [-0.39, 0.29) is 37.8 Å². The number of amides is 1. The predicted octanol–water partition coefficient (Wildman–Crippen LogP) is 3.89. The second-order valence-corrected chi connectivity index (χ2v) is 10.0. The number of hydrogen-bond donors (Lipinski definition) is 0. The molecule has 2 heterocycles. The van der Waals surface area contributed by atoms with Gasteiger partial charge in [-0.25, -0.2) is 22.2 Å². The predicted molar refractivity (Wildman–Crippen MR) is 114 cm³/mol. The number of sulfonamides is 1. The van der Waals surface area contributed by atoms with Crippen LogP contribution in [0.2, 0.25) is 5.02 Å². The number of nitrogens with zero attached hydrogens (tertiary/aromatic N) is 3. The van der Waals surface area contributed by atoms with Crippen LogP contribution in [-0.2, 0) is 10.0 Å². The summed E-state index contributed by atoms with van der Waals surface area (Å²) in [5, 5.41) is 2.87. The summed E-state index contributed by atoms with van der Waals surface area (Å²) in [5.74, 6) is -2.31. The van der Waals surface area contributed by atoms with Gasteiger partial charge in [-0.15, -0.1) is 11.3 Å². The molecule has 1 saturated heterocycles. The van der Waals surface area contributed by atoms with Crippen molar-refractivity contribution in [3.63, 3.8) is 0 Å². The van der Waals surface area contributed by atoms with E-state index in [0.717, 1.165) is 22.0 Å². The third-order valence-corrected chi connectivity index (χ3v) is 7.89. The second-order valence-electron chi connectivity index (χ2n) is 6.82. The van der Waals surface area contributed by atoms with Crippen LogP contribution < -0.4 is 0 Å². The average Bonchev–Trinajstić information content (AvgIpc) is 3.23. The Kier molecular flexibility index (Phi) is 6.07. The summed E-state index contributed by atoms with van der Waals surface area (Å²) < 4.78 is 53.5. The molecule has 0 N–H and O–H groups in total. The monoisotopic (exact) mass is 483 g/mol. The van der Waals surface area contributed by atoms with Crippen LogP contribution in [0.4, 0.5) is 8.78 Å². The van der Waals surface area contributed by atoms with Crippen molar-refractivity contribution < 1.29 is 22.0 Å². The van der Waals surface area contributed by atoms with Gasteiger partial charge in [-0.05, 0) is 24.3 Å². The fourth-order valence-corrected chi connectivity index (χ4v) is 5.69. The Morgan fingerprint density at radius 1 is 1.06 bits per heavy atom. The van der Waals surface area contributed by atoms with E-state index in [0.29, 0.717) is 16.1 Å². The normalized spacial score (nSPS) is 15.3. The number of aromatic nitrogens is 1. The van der Waals surface area contributed by atoms with Crippen LogP contribution in [0.1, 0.15) is 10.5 Å². The minimum absolute atomic E-state index is 0.00379. The SMILES string of the molecule is O=C(c1csc(-c2cccc(Cl)c2)n1)N1CCN(S(=O)(=O)c2ccc(F)cc2F)CC1. The van der Waals surface area contributed by atoms with Gasteiger partial charge in [0.1, 0.15) is 27.2 Å². The van der Waals surface area contributed by atoms with E-state index in [2.05, 4.69) is 4.98 Å². The minimum Gasteiger partial charge on any atom is -0.335 e. The van der Waals surface area contributed by atoms with Gasteiger partial charge in [-0.1, -0.05) is 23.7 Å². The molecule has 1 aromatic heterocycles. The first kappa shape index (κ1) is 21.8. The Morgan fingerprint density at radius 3 is 2.48 bits per heavy atom. The summed E-state index contributed by atoms with van der Waals surface area (Å²) in [7, 11) is -4.13. The number of piperazine rings is 1.